The standard InChI is InChI=1S/C22H20ClF2N3O4S/c23-17-5-7-18(8-6-17)33(30,31)28(19-13-22(24,25)10-12-26-21(19)29)14-15-1-3-16(4-2-15)20-9-11-27-32-20/h1-9,11,19H,10,12-14H2,(H,26,29)/t19-/m1/s1. The molecule has 3 aromatic rings. The second-order valence-electron chi connectivity index (χ2n) is 7.69. The molecular weight excluding hydrogens is 476 g/mol. The highest BCUT2D eigenvalue weighted by Gasteiger charge is 2.45. The van der Waals surface area contributed by atoms with Crippen molar-refractivity contribution in [2.75, 3.05) is 6.54 Å². The van der Waals surface area contributed by atoms with Crippen LogP contribution in [0.25, 0.3) is 11.3 Å². The lowest BCUT2D eigenvalue weighted by molar-refractivity contribution is -0.126. The van der Waals surface area contributed by atoms with Gasteiger partial charge in [0.2, 0.25) is 15.9 Å². The Labute approximate surface area is 194 Å². The number of sulfonamides is 1. The van der Waals surface area contributed by atoms with E-state index < -0.39 is 40.7 Å². The van der Waals surface area contributed by atoms with Crippen LogP contribution in [-0.2, 0) is 21.4 Å². The van der Waals surface area contributed by atoms with Crippen LogP contribution in [0.5, 0.6) is 0 Å². The minimum absolute atomic E-state index is 0.148. The number of halogens is 3. The topological polar surface area (TPSA) is 92.5 Å². The third-order valence-electron chi connectivity index (χ3n) is 5.37. The van der Waals surface area contributed by atoms with Gasteiger partial charge in [-0.2, -0.15) is 4.31 Å². The van der Waals surface area contributed by atoms with Gasteiger partial charge in [-0.1, -0.05) is 41.0 Å². The largest absolute Gasteiger partial charge is 0.356 e. The van der Waals surface area contributed by atoms with Crippen LogP contribution in [-0.4, -0.2) is 42.3 Å². The lowest BCUT2D eigenvalue weighted by Crippen LogP contribution is -2.49. The normalized spacial score (nSPS) is 18.7. The summed E-state index contributed by atoms with van der Waals surface area (Å²) in [5, 5.41) is 6.38. The zero-order valence-electron chi connectivity index (χ0n) is 17.2. The highest BCUT2D eigenvalue weighted by molar-refractivity contribution is 7.89. The number of alkyl halides is 2. The summed E-state index contributed by atoms with van der Waals surface area (Å²) in [6.07, 6.45) is 0.0201. The summed E-state index contributed by atoms with van der Waals surface area (Å²) < 4.78 is 61.7. The Morgan fingerprint density at radius 1 is 1.12 bits per heavy atom. The van der Waals surface area contributed by atoms with Crippen LogP contribution >= 0.6 is 11.6 Å². The van der Waals surface area contributed by atoms with Gasteiger partial charge in [-0.05, 0) is 29.8 Å². The van der Waals surface area contributed by atoms with Crippen molar-refractivity contribution in [3.8, 4) is 11.3 Å². The Morgan fingerprint density at radius 2 is 1.82 bits per heavy atom. The lowest BCUT2D eigenvalue weighted by Gasteiger charge is -2.30. The van der Waals surface area contributed by atoms with E-state index in [-0.39, 0.29) is 18.0 Å². The van der Waals surface area contributed by atoms with Crippen molar-refractivity contribution in [3.05, 3.63) is 71.4 Å². The molecule has 4 rings (SSSR count). The number of aromatic nitrogens is 1. The van der Waals surface area contributed by atoms with E-state index in [9.17, 15) is 22.0 Å². The van der Waals surface area contributed by atoms with Gasteiger partial charge in [0.15, 0.2) is 5.76 Å². The molecule has 1 amide bonds. The van der Waals surface area contributed by atoms with E-state index in [0.29, 0.717) is 21.9 Å². The summed E-state index contributed by atoms with van der Waals surface area (Å²) in [5.41, 5.74) is 1.22. The SMILES string of the molecule is O=C1NCCC(F)(F)C[C@H]1N(Cc1ccc(-c2ccno2)cc1)S(=O)(=O)c1ccc(Cl)cc1. The maximum Gasteiger partial charge on any atom is 0.251 e. The van der Waals surface area contributed by atoms with Crippen LogP contribution in [0.3, 0.4) is 0 Å². The van der Waals surface area contributed by atoms with Crippen LogP contribution in [0.1, 0.15) is 18.4 Å². The Bertz CT molecular complexity index is 1220. The molecule has 1 saturated heterocycles. The predicted octanol–water partition coefficient (Wildman–Crippen LogP) is 4.10. The van der Waals surface area contributed by atoms with Gasteiger partial charge < -0.3 is 9.84 Å². The van der Waals surface area contributed by atoms with Crippen molar-refractivity contribution in [2.45, 2.75) is 36.2 Å². The molecule has 1 aliphatic heterocycles. The van der Waals surface area contributed by atoms with Crippen LogP contribution < -0.4 is 5.32 Å². The zero-order chi connectivity index (χ0) is 23.6. The number of carbonyl (C=O) groups excluding carboxylic acids is 1. The molecule has 0 radical (unpaired) electrons. The Balaban J connectivity index is 1.72. The third-order valence-corrected chi connectivity index (χ3v) is 7.49. The van der Waals surface area contributed by atoms with E-state index in [2.05, 4.69) is 10.5 Å². The van der Waals surface area contributed by atoms with Crippen LogP contribution in [0.2, 0.25) is 5.02 Å². The number of nitrogens with zero attached hydrogens (tertiary/aromatic N) is 2. The molecule has 1 aliphatic rings. The van der Waals surface area contributed by atoms with E-state index in [0.717, 1.165) is 4.31 Å². The van der Waals surface area contributed by atoms with Gasteiger partial charge in [-0.15, -0.1) is 0 Å². The van der Waals surface area contributed by atoms with E-state index in [4.69, 9.17) is 16.1 Å². The Hall–Kier alpha value is -2.82. The quantitative estimate of drug-likeness (QED) is 0.556. The van der Waals surface area contributed by atoms with Crippen molar-refractivity contribution in [1.82, 2.24) is 14.8 Å². The number of amides is 1. The summed E-state index contributed by atoms with van der Waals surface area (Å²) in [5.74, 6) is -3.44. The summed E-state index contributed by atoms with van der Waals surface area (Å²) >= 11 is 5.88. The van der Waals surface area contributed by atoms with Gasteiger partial charge >= 0.3 is 0 Å². The molecule has 1 atom stereocenters. The highest BCUT2D eigenvalue weighted by Crippen LogP contribution is 2.32. The summed E-state index contributed by atoms with van der Waals surface area (Å²) in [4.78, 5) is 12.5. The summed E-state index contributed by atoms with van der Waals surface area (Å²) in [6, 6.07) is 12.1. The average molecular weight is 496 g/mol. The van der Waals surface area contributed by atoms with Crippen LogP contribution in [0.4, 0.5) is 8.78 Å². The van der Waals surface area contributed by atoms with Crippen LogP contribution in [0.15, 0.2) is 70.2 Å². The molecular formula is C22H20ClF2N3O4S. The number of hydrogen-bond acceptors (Lipinski definition) is 5. The van der Waals surface area contributed by atoms with Crippen molar-refractivity contribution in [1.29, 1.82) is 0 Å². The van der Waals surface area contributed by atoms with E-state index in [1.54, 1.807) is 30.3 Å². The molecule has 1 aromatic heterocycles. The molecule has 2 aromatic carbocycles. The number of benzene rings is 2. The van der Waals surface area contributed by atoms with E-state index in [1.165, 1.54) is 30.5 Å². The highest BCUT2D eigenvalue weighted by atomic mass is 35.5. The molecule has 0 unspecified atom stereocenters. The minimum Gasteiger partial charge on any atom is -0.356 e. The van der Waals surface area contributed by atoms with Gasteiger partial charge in [-0.25, -0.2) is 17.2 Å². The van der Waals surface area contributed by atoms with Gasteiger partial charge in [0.25, 0.3) is 5.92 Å². The maximum atomic E-state index is 14.4. The second-order valence-corrected chi connectivity index (χ2v) is 10.0. The average Bonchev–Trinajstić information content (AvgIpc) is 3.27. The van der Waals surface area contributed by atoms with Crippen molar-refractivity contribution >= 4 is 27.5 Å². The second kappa shape index (κ2) is 9.20. The van der Waals surface area contributed by atoms with E-state index >= 15 is 0 Å². The first-order valence-electron chi connectivity index (χ1n) is 10.1. The fraction of sp³-hybridized carbons (Fsp3) is 0.273. The van der Waals surface area contributed by atoms with Gasteiger partial charge in [0.1, 0.15) is 6.04 Å². The van der Waals surface area contributed by atoms with Gasteiger partial charge in [0, 0.05) is 42.6 Å². The first-order valence-corrected chi connectivity index (χ1v) is 11.9. The predicted molar refractivity (Wildman–Crippen MR) is 117 cm³/mol. The Morgan fingerprint density at radius 3 is 2.45 bits per heavy atom. The fourth-order valence-electron chi connectivity index (χ4n) is 3.62. The number of nitrogens with one attached hydrogen (secondary N) is 1. The minimum atomic E-state index is -4.32. The van der Waals surface area contributed by atoms with Crippen molar-refractivity contribution < 1.29 is 26.5 Å². The molecule has 0 saturated carbocycles. The first-order chi connectivity index (χ1) is 15.7. The van der Waals surface area contributed by atoms with Crippen LogP contribution in [0, 0.1) is 0 Å². The molecule has 0 spiro atoms. The molecule has 174 valence electrons. The smallest absolute Gasteiger partial charge is 0.251 e. The molecule has 1 fully saturated rings. The maximum absolute atomic E-state index is 14.4. The van der Waals surface area contributed by atoms with Crippen molar-refractivity contribution in [3.63, 3.8) is 0 Å². The molecule has 33 heavy (non-hydrogen) atoms. The third kappa shape index (κ3) is 5.23. The number of rotatable bonds is 6. The summed E-state index contributed by atoms with van der Waals surface area (Å²) in [6.45, 7) is -0.515. The number of carbonyl (C=O) groups is 1. The molecule has 2 heterocycles. The first kappa shape index (κ1) is 23.3. The number of hydrogen-bond donors (Lipinski definition) is 1. The van der Waals surface area contributed by atoms with E-state index in [1.807, 2.05) is 0 Å². The molecule has 0 aliphatic carbocycles. The van der Waals surface area contributed by atoms with Gasteiger partial charge in [-0.3, -0.25) is 4.79 Å². The molecule has 11 heteroatoms. The monoisotopic (exact) mass is 495 g/mol. The zero-order valence-corrected chi connectivity index (χ0v) is 18.8. The molecule has 0 bridgehead atoms. The molecule has 7 nitrogen and oxygen atoms in total. The molecule has 1 N–H and O–H groups in total. The Kier molecular flexibility index (Phi) is 6.51. The summed E-state index contributed by atoms with van der Waals surface area (Å²) in [7, 11) is -4.32. The lowest BCUT2D eigenvalue weighted by atomic mass is 10.1. The fourth-order valence-corrected chi connectivity index (χ4v) is 5.32. The van der Waals surface area contributed by atoms with Gasteiger partial charge in [0.05, 0.1) is 11.1 Å². The van der Waals surface area contributed by atoms with Crippen molar-refractivity contribution in [2.24, 2.45) is 0 Å².